The van der Waals surface area contributed by atoms with E-state index in [0.717, 1.165) is 11.8 Å². The number of aromatic nitrogens is 2. The monoisotopic (exact) mass is 464 g/mol. The number of fused-ring (bicyclic) bond motifs is 1. The molecule has 0 spiro atoms. The predicted molar refractivity (Wildman–Crippen MR) is 126 cm³/mol. The summed E-state index contributed by atoms with van der Waals surface area (Å²) in [7, 11) is 3.05. The highest BCUT2D eigenvalue weighted by Gasteiger charge is 2.22. The number of halogens is 1. The van der Waals surface area contributed by atoms with Gasteiger partial charge in [-0.3, -0.25) is 14.2 Å². The van der Waals surface area contributed by atoms with Crippen molar-refractivity contribution in [3.63, 3.8) is 0 Å². The molecule has 0 bridgehead atoms. The number of rotatable bonds is 7. The lowest BCUT2D eigenvalue weighted by Crippen LogP contribution is -2.24. The van der Waals surface area contributed by atoms with Crippen LogP contribution in [0.1, 0.15) is 17.3 Å². The standard InChI is InChI=1S/C25H21FN2O4S/c1-15(23(29)16-8-10-17(26)11-9-16)33-25-27-20-7-5-4-6-19(20)24(30)28(25)18-12-13-21(31-2)22(14-18)32-3/h4-15H,1-3H3. The van der Waals surface area contributed by atoms with E-state index in [-0.39, 0.29) is 11.3 Å². The van der Waals surface area contributed by atoms with Crippen molar-refractivity contribution in [2.45, 2.75) is 17.3 Å². The molecule has 0 radical (unpaired) electrons. The average Bonchev–Trinajstić information content (AvgIpc) is 2.84. The molecule has 0 aliphatic carbocycles. The number of benzene rings is 3. The van der Waals surface area contributed by atoms with Crippen LogP contribution in [-0.4, -0.2) is 34.8 Å². The molecule has 1 aromatic heterocycles. The van der Waals surface area contributed by atoms with Crippen LogP contribution in [-0.2, 0) is 0 Å². The largest absolute Gasteiger partial charge is 0.493 e. The average molecular weight is 465 g/mol. The lowest BCUT2D eigenvalue weighted by molar-refractivity contribution is 0.0994. The van der Waals surface area contributed by atoms with Gasteiger partial charge in [0.2, 0.25) is 0 Å². The number of Topliss-reactive ketones (excluding diaryl/α,β-unsaturated/α-hetero) is 1. The highest BCUT2D eigenvalue weighted by molar-refractivity contribution is 8.00. The van der Waals surface area contributed by atoms with Gasteiger partial charge >= 0.3 is 0 Å². The quantitative estimate of drug-likeness (QED) is 0.220. The van der Waals surface area contributed by atoms with Crippen molar-refractivity contribution in [1.29, 1.82) is 0 Å². The van der Waals surface area contributed by atoms with Crippen molar-refractivity contribution in [3.8, 4) is 17.2 Å². The summed E-state index contributed by atoms with van der Waals surface area (Å²) in [4.78, 5) is 31.1. The number of carbonyl (C=O) groups excluding carboxylic acids is 1. The maximum atomic E-state index is 13.5. The van der Waals surface area contributed by atoms with Crippen molar-refractivity contribution in [2.75, 3.05) is 14.2 Å². The fourth-order valence-electron chi connectivity index (χ4n) is 3.44. The van der Waals surface area contributed by atoms with Gasteiger partial charge in [0.05, 0.1) is 36.1 Å². The molecule has 8 heteroatoms. The first kappa shape index (κ1) is 22.5. The Balaban J connectivity index is 1.83. The normalized spacial score (nSPS) is 11.9. The summed E-state index contributed by atoms with van der Waals surface area (Å²) >= 11 is 1.16. The Morgan fingerprint density at radius 3 is 2.39 bits per heavy atom. The third-order valence-corrected chi connectivity index (χ3v) is 6.20. The molecule has 0 fully saturated rings. The van der Waals surface area contributed by atoms with Crippen molar-refractivity contribution in [1.82, 2.24) is 9.55 Å². The fourth-order valence-corrected chi connectivity index (χ4v) is 4.45. The van der Waals surface area contributed by atoms with Gasteiger partial charge in [-0.05, 0) is 55.5 Å². The van der Waals surface area contributed by atoms with Crippen molar-refractivity contribution in [3.05, 3.63) is 88.5 Å². The number of thioether (sulfide) groups is 1. The maximum Gasteiger partial charge on any atom is 0.266 e. The molecule has 3 aromatic carbocycles. The third-order valence-electron chi connectivity index (χ3n) is 5.15. The third kappa shape index (κ3) is 4.47. The Morgan fingerprint density at radius 1 is 1.00 bits per heavy atom. The summed E-state index contributed by atoms with van der Waals surface area (Å²) < 4.78 is 25.4. The van der Waals surface area contributed by atoms with E-state index in [1.165, 1.54) is 43.1 Å². The molecule has 1 unspecified atom stereocenters. The molecule has 0 aliphatic heterocycles. The molecule has 0 N–H and O–H groups in total. The molecule has 4 aromatic rings. The Morgan fingerprint density at radius 2 is 1.70 bits per heavy atom. The molecule has 6 nitrogen and oxygen atoms in total. The number of methoxy groups -OCH3 is 2. The van der Waals surface area contributed by atoms with E-state index >= 15 is 0 Å². The number of hydrogen-bond acceptors (Lipinski definition) is 6. The van der Waals surface area contributed by atoms with E-state index < -0.39 is 11.1 Å². The minimum Gasteiger partial charge on any atom is -0.493 e. The van der Waals surface area contributed by atoms with Crippen LogP contribution in [0.2, 0.25) is 0 Å². The van der Waals surface area contributed by atoms with E-state index in [0.29, 0.717) is 38.8 Å². The van der Waals surface area contributed by atoms with Crippen molar-refractivity contribution >= 4 is 28.4 Å². The van der Waals surface area contributed by atoms with Crippen LogP contribution in [0, 0.1) is 5.82 Å². The first-order chi connectivity index (χ1) is 15.9. The molecule has 33 heavy (non-hydrogen) atoms. The fraction of sp³-hybridized carbons (Fsp3) is 0.160. The molecule has 1 atom stereocenters. The van der Waals surface area contributed by atoms with Gasteiger partial charge in [-0.25, -0.2) is 9.37 Å². The summed E-state index contributed by atoms with van der Waals surface area (Å²) in [6.45, 7) is 1.73. The van der Waals surface area contributed by atoms with Gasteiger partial charge in [-0.2, -0.15) is 0 Å². The summed E-state index contributed by atoms with van der Waals surface area (Å²) in [5, 5.41) is 0.234. The molecular formula is C25H21FN2O4S. The van der Waals surface area contributed by atoms with Gasteiger partial charge < -0.3 is 9.47 Å². The molecule has 0 amide bonds. The van der Waals surface area contributed by atoms with E-state index in [9.17, 15) is 14.0 Å². The van der Waals surface area contributed by atoms with Crippen LogP contribution in [0.15, 0.2) is 76.7 Å². The minimum absolute atomic E-state index is 0.193. The molecular weight excluding hydrogens is 443 g/mol. The molecule has 168 valence electrons. The maximum absolute atomic E-state index is 13.5. The topological polar surface area (TPSA) is 70.4 Å². The molecule has 0 saturated carbocycles. The van der Waals surface area contributed by atoms with E-state index in [1.807, 2.05) is 0 Å². The number of para-hydroxylation sites is 1. The molecule has 0 saturated heterocycles. The lowest BCUT2D eigenvalue weighted by Gasteiger charge is -2.17. The van der Waals surface area contributed by atoms with Gasteiger partial charge in [0, 0.05) is 11.6 Å². The van der Waals surface area contributed by atoms with Crippen molar-refractivity contribution in [2.24, 2.45) is 0 Å². The molecule has 1 heterocycles. The van der Waals surface area contributed by atoms with Gasteiger partial charge in [0.1, 0.15) is 5.82 Å². The van der Waals surface area contributed by atoms with Gasteiger partial charge in [-0.1, -0.05) is 23.9 Å². The molecule has 0 aliphatic rings. The smallest absolute Gasteiger partial charge is 0.266 e. The Labute approximate surface area is 194 Å². The zero-order valence-electron chi connectivity index (χ0n) is 18.2. The van der Waals surface area contributed by atoms with Gasteiger partial charge in [0.25, 0.3) is 5.56 Å². The second kappa shape index (κ2) is 9.46. The van der Waals surface area contributed by atoms with Crippen LogP contribution in [0.5, 0.6) is 11.5 Å². The number of ketones is 1. The first-order valence-corrected chi connectivity index (χ1v) is 11.0. The second-order valence-electron chi connectivity index (χ2n) is 7.22. The lowest BCUT2D eigenvalue weighted by atomic mass is 10.1. The molecule has 4 rings (SSSR count). The first-order valence-electron chi connectivity index (χ1n) is 10.1. The van der Waals surface area contributed by atoms with Crippen LogP contribution < -0.4 is 15.0 Å². The SMILES string of the molecule is COc1ccc(-n2c(SC(C)C(=O)c3ccc(F)cc3)nc3ccccc3c2=O)cc1OC. The highest BCUT2D eigenvalue weighted by Crippen LogP contribution is 2.32. The summed E-state index contributed by atoms with van der Waals surface area (Å²) in [6, 6.07) is 17.6. The zero-order chi connectivity index (χ0) is 23.5. The van der Waals surface area contributed by atoms with E-state index in [1.54, 1.807) is 49.4 Å². The number of carbonyl (C=O) groups is 1. The minimum atomic E-state index is -0.574. The number of hydrogen-bond donors (Lipinski definition) is 0. The van der Waals surface area contributed by atoms with Gasteiger partial charge in [0.15, 0.2) is 22.4 Å². The van der Waals surface area contributed by atoms with Crippen LogP contribution in [0.25, 0.3) is 16.6 Å². The highest BCUT2D eigenvalue weighted by atomic mass is 32.2. The van der Waals surface area contributed by atoms with Crippen LogP contribution >= 0.6 is 11.8 Å². The number of ether oxygens (including phenoxy) is 2. The second-order valence-corrected chi connectivity index (χ2v) is 8.53. The number of nitrogens with zero attached hydrogens (tertiary/aromatic N) is 2. The Bertz CT molecular complexity index is 1390. The summed E-state index contributed by atoms with van der Waals surface area (Å²) in [5.41, 5.74) is 1.18. The summed E-state index contributed by atoms with van der Waals surface area (Å²) in [5.74, 6) is 0.380. The Hall–Kier alpha value is -3.65. The zero-order valence-corrected chi connectivity index (χ0v) is 19.1. The van der Waals surface area contributed by atoms with Gasteiger partial charge in [-0.15, -0.1) is 0 Å². The van der Waals surface area contributed by atoms with E-state index in [2.05, 4.69) is 4.98 Å². The van der Waals surface area contributed by atoms with Crippen LogP contribution in [0.4, 0.5) is 4.39 Å². The van der Waals surface area contributed by atoms with Crippen molar-refractivity contribution < 1.29 is 18.7 Å². The van der Waals surface area contributed by atoms with Crippen LogP contribution in [0.3, 0.4) is 0 Å². The van der Waals surface area contributed by atoms with E-state index in [4.69, 9.17) is 9.47 Å². The predicted octanol–water partition coefficient (Wildman–Crippen LogP) is 4.91. The Kier molecular flexibility index (Phi) is 6.46. The summed E-state index contributed by atoms with van der Waals surface area (Å²) in [6.07, 6.45) is 0.